The number of esters is 1. The zero-order chi connectivity index (χ0) is 35.0. The summed E-state index contributed by atoms with van der Waals surface area (Å²) in [5, 5.41) is 16.6. The Hall–Kier alpha value is -6.12. The van der Waals surface area contributed by atoms with Crippen LogP contribution in [-0.2, 0) is 24.7 Å². The van der Waals surface area contributed by atoms with Crippen LogP contribution >= 0.6 is 0 Å². The molecule has 50 heavy (non-hydrogen) atoms. The highest BCUT2D eigenvalue weighted by Gasteiger charge is 2.73. The number of morpholine rings is 1. The minimum Gasteiger partial charge on any atom is -0.494 e. The fourth-order valence-electron chi connectivity index (χ4n) is 7.82. The molecule has 0 spiro atoms. The molecule has 2 saturated heterocycles. The van der Waals surface area contributed by atoms with Gasteiger partial charge in [0.2, 0.25) is 5.91 Å². The predicted molar refractivity (Wildman–Crippen MR) is 183 cm³/mol. The monoisotopic (exact) mass is 670 g/mol. The highest BCUT2D eigenvalue weighted by Crippen LogP contribution is 2.64. The van der Waals surface area contributed by atoms with Gasteiger partial charge in [0.05, 0.1) is 25.1 Å². The van der Waals surface area contributed by atoms with Gasteiger partial charge in [0.1, 0.15) is 23.4 Å². The summed E-state index contributed by atoms with van der Waals surface area (Å²) in [5.41, 5.74) is 6.84. The van der Waals surface area contributed by atoms with Gasteiger partial charge in [-0.2, -0.15) is 0 Å². The lowest BCUT2D eigenvalue weighted by Gasteiger charge is -2.51. The predicted octanol–water partition coefficient (Wildman–Crippen LogP) is 4.46. The Bertz CT molecular complexity index is 2030. The molecule has 11 nitrogen and oxygen atoms in total. The zero-order valence-electron chi connectivity index (χ0n) is 27.0. The second-order valence-corrected chi connectivity index (χ2v) is 12.3. The van der Waals surface area contributed by atoms with E-state index >= 15 is 4.79 Å². The number of nitrogens with two attached hydrogens (primary N) is 1. The first-order valence-electron chi connectivity index (χ1n) is 16.3. The number of aliphatic carboxylic acids is 1. The van der Waals surface area contributed by atoms with E-state index in [1.165, 1.54) is 0 Å². The molecule has 2 fully saturated rings. The molecule has 0 aliphatic carbocycles. The molecule has 3 aliphatic rings. The largest absolute Gasteiger partial charge is 0.494 e. The minimum atomic E-state index is -1.71. The number of primary amides is 1. The van der Waals surface area contributed by atoms with E-state index in [9.17, 15) is 19.5 Å². The van der Waals surface area contributed by atoms with Crippen LogP contribution in [0.1, 0.15) is 52.8 Å². The normalized spacial score (nSPS) is 25.0. The summed E-state index contributed by atoms with van der Waals surface area (Å²) in [6.45, 7) is 2.29. The maximum atomic E-state index is 15.1. The number of nitrogens with zero attached hydrogens (tertiary/aromatic N) is 1. The first-order chi connectivity index (χ1) is 24.2. The molecule has 4 aromatic rings. The van der Waals surface area contributed by atoms with E-state index < -0.39 is 59.4 Å². The van der Waals surface area contributed by atoms with Crippen molar-refractivity contribution >= 4 is 29.6 Å². The number of ether oxygens (including phenoxy) is 2. The maximum Gasteiger partial charge on any atom is 0.325 e. The molecule has 3 amide bonds. The lowest BCUT2D eigenvalue weighted by molar-refractivity contribution is -0.184. The van der Waals surface area contributed by atoms with Gasteiger partial charge in [-0.3, -0.25) is 19.3 Å². The second-order valence-electron chi connectivity index (χ2n) is 12.3. The van der Waals surface area contributed by atoms with Gasteiger partial charge < -0.3 is 30.9 Å². The highest BCUT2D eigenvalue weighted by molar-refractivity contribution is 6.06. The number of cyclic esters (lactones) is 1. The summed E-state index contributed by atoms with van der Waals surface area (Å²) in [6, 6.07) is 28.0. The smallest absolute Gasteiger partial charge is 0.325 e. The summed E-state index contributed by atoms with van der Waals surface area (Å²) in [6.07, 6.45) is -0.876. The topological polar surface area (TPSA) is 160 Å². The number of hydrogen-bond donors (Lipinski definition) is 4. The summed E-state index contributed by atoms with van der Waals surface area (Å²) in [7, 11) is 0. The van der Waals surface area contributed by atoms with Crippen LogP contribution in [0, 0.1) is 17.8 Å². The molecule has 0 aromatic heterocycles. The summed E-state index contributed by atoms with van der Waals surface area (Å²) in [4.78, 5) is 56.0. The van der Waals surface area contributed by atoms with Gasteiger partial charge in [-0.1, -0.05) is 84.6 Å². The van der Waals surface area contributed by atoms with E-state index in [1.54, 1.807) is 47.4 Å². The van der Waals surface area contributed by atoms with Crippen molar-refractivity contribution < 1.29 is 33.8 Å². The van der Waals surface area contributed by atoms with Crippen molar-refractivity contribution in [1.82, 2.24) is 10.2 Å². The van der Waals surface area contributed by atoms with Crippen LogP contribution in [0.25, 0.3) is 0 Å². The number of urea groups is 1. The molecule has 0 unspecified atom stereocenters. The number of carbonyl (C=O) groups excluding carboxylic acids is 3. The van der Waals surface area contributed by atoms with E-state index in [0.29, 0.717) is 40.3 Å². The number of carboxylic acid groups (broad SMARTS) is 1. The van der Waals surface area contributed by atoms with Crippen LogP contribution in [0.3, 0.4) is 0 Å². The van der Waals surface area contributed by atoms with Gasteiger partial charge in [-0.05, 0) is 59.5 Å². The average molecular weight is 671 g/mol. The SMILES string of the molecule is CCOc1ccc([C@@]23C(=O)Nc4ccc(C#CCNC(N)=O)cc4[C@H]2[C@@H](C(=O)O)[C@@H]2C(=O)O[C@@H](c4ccccc4)[C@@H](c4ccccc4)N23)cc1. The Morgan fingerprint density at radius 2 is 1.64 bits per heavy atom. The molecule has 0 saturated carbocycles. The minimum absolute atomic E-state index is 0.00176. The molecule has 252 valence electrons. The molecule has 7 rings (SSSR count). The van der Waals surface area contributed by atoms with Gasteiger partial charge >= 0.3 is 18.0 Å². The third-order valence-electron chi connectivity index (χ3n) is 9.65. The van der Waals surface area contributed by atoms with Crippen molar-refractivity contribution in [2.45, 2.75) is 36.6 Å². The molecule has 5 N–H and O–H groups in total. The number of nitrogens with one attached hydrogen (secondary N) is 2. The Morgan fingerprint density at radius 3 is 2.28 bits per heavy atom. The number of fused-ring (bicyclic) bond motifs is 5. The van der Waals surface area contributed by atoms with Crippen molar-refractivity contribution in [1.29, 1.82) is 0 Å². The van der Waals surface area contributed by atoms with Gasteiger partial charge in [0.15, 0.2) is 0 Å². The quantitative estimate of drug-likeness (QED) is 0.166. The van der Waals surface area contributed by atoms with Crippen LogP contribution in [0.2, 0.25) is 0 Å². The van der Waals surface area contributed by atoms with Gasteiger partial charge in [0.25, 0.3) is 0 Å². The standard InChI is InChI=1S/C39H34N4O7/c1-2-49-27-18-16-26(17-19-27)39-31(28-22-23(10-9-21-41-38(40)48)15-20-29(28)42-37(39)47)30(35(44)45)33-36(46)50-34(25-13-7-4-8-14-25)32(43(33)39)24-11-5-3-6-12-24/h3-8,11-20,22,30-34H,2,21H2,1H3,(H,42,47)(H,44,45)(H3,40,41,48)/t30-,31+,32-,33-,34+,39+/m1/s1. The molecule has 3 aliphatic heterocycles. The fraction of sp³-hybridized carbons (Fsp3) is 0.231. The average Bonchev–Trinajstić information content (AvgIpc) is 3.46. The van der Waals surface area contributed by atoms with Gasteiger partial charge in [-0.25, -0.2) is 4.79 Å². The molecule has 4 aromatic carbocycles. The summed E-state index contributed by atoms with van der Waals surface area (Å²) < 4.78 is 12.0. The number of carboxylic acids is 1. The molecular formula is C39H34N4O7. The van der Waals surface area contributed by atoms with Gasteiger partial charge in [-0.15, -0.1) is 0 Å². The van der Waals surface area contributed by atoms with Crippen LogP contribution in [-0.4, -0.2) is 53.1 Å². The van der Waals surface area contributed by atoms with Crippen molar-refractivity contribution in [2.24, 2.45) is 11.7 Å². The van der Waals surface area contributed by atoms with Crippen molar-refractivity contribution in [3.63, 3.8) is 0 Å². The van der Waals surface area contributed by atoms with E-state index in [1.807, 2.05) is 67.6 Å². The second kappa shape index (κ2) is 13.1. The summed E-state index contributed by atoms with van der Waals surface area (Å²) in [5.74, 6) is 1.49. The lowest BCUT2D eigenvalue weighted by atomic mass is 9.67. The van der Waals surface area contributed by atoms with Crippen LogP contribution in [0.4, 0.5) is 10.5 Å². The molecular weight excluding hydrogens is 636 g/mol. The fourth-order valence-corrected chi connectivity index (χ4v) is 7.82. The Kier molecular flexibility index (Phi) is 8.47. The number of hydrogen-bond acceptors (Lipinski definition) is 7. The number of anilines is 1. The lowest BCUT2D eigenvalue weighted by Crippen LogP contribution is -2.61. The molecule has 11 heteroatoms. The third kappa shape index (κ3) is 5.30. The number of amides is 3. The van der Waals surface area contributed by atoms with Crippen LogP contribution in [0.5, 0.6) is 5.75 Å². The maximum absolute atomic E-state index is 15.1. The first-order valence-corrected chi connectivity index (χ1v) is 16.3. The van der Waals surface area contributed by atoms with Crippen molar-refractivity contribution in [2.75, 3.05) is 18.5 Å². The number of benzene rings is 4. The van der Waals surface area contributed by atoms with Crippen LogP contribution < -0.4 is 21.1 Å². The van der Waals surface area contributed by atoms with Gasteiger partial charge in [0, 0.05) is 17.2 Å². The molecule has 3 heterocycles. The van der Waals surface area contributed by atoms with E-state index in [0.717, 1.165) is 5.56 Å². The Labute approximate surface area is 288 Å². The number of carbonyl (C=O) groups is 4. The van der Waals surface area contributed by atoms with Crippen molar-refractivity contribution in [3.8, 4) is 17.6 Å². The van der Waals surface area contributed by atoms with E-state index in [-0.39, 0.29) is 6.54 Å². The third-order valence-corrected chi connectivity index (χ3v) is 9.65. The van der Waals surface area contributed by atoms with Crippen molar-refractivity contribution in [3.05, 3.63) is 131 Å². The van der Waals surface area contributed by atoms with E-state index in [4.69, 9.17) is 15.2 Å². The Morgan fingerprint density at radius 1 is 0.960 bits per heavy atom. The Balaban J connectivity index is 1.51. The molecule has 0 bridgehead atoms. The van der Waals surface area contributed by atoms with Crippen LogP contribution in [0.15, 0.2) is 103 Å². The molecule has 0 radical (unpaired) electrons. The number of rotatable bonds is 7. The van der Waals surface area contributed by atoms with E-state index in [2.05, 4.69) is 22.5 Å². The highest BCUT2D eigenvalue weighted by atomic mass is 16.6. The zero-order valence-corrected chi connectivity index (χ0v) is 27.0. The first kappa shape index (κ1) is 32.4. The summed E-state index contributed by atoms with van der Waals surface area (Å²) >= 11 is 0. The molecule has 6 atom stereocenters.